The SMILES string of the molecule is N[C@@H](Cc1nc[nH]c1CF)C(=O)O. The number of carboxylic acids is 1. The van der Waals surface area contributed by atoms with Gasteiger partial charge in [0.25, 0.3) is 0 Å². The summed E-state index contributed by atoms with van der Waals surface area (Å²) in [5.74, 6) is -1.12. The first-order valence-electron chi connectivity index (χ1n) is 3.70. The van der Waals surface area contributed by atoms with Crippen molar-refractivity contribution in [2.24, 2.45) is 5.73 Å². The normalized spacial score (nSPS) is 12.8. The largest absolute Gasteiger partial charge is 0.480 e. The third kappa shape index (κ3) is 2.25. The molecule has 1 atom stereocenters. The van der Waals surface area contributed by atoms with Gasteiger partial charge in [0, 0.05) is 6.42 Å². The minimum atomic E-state index is -1.12. The molecule has 0 radical (unpaired) electrons. The number of halogens is 1. The van der Waals surface area contributed by atoms with Gasteiger partial charge in [0.15, 0.2) is 0 Å². The first-order valence-corrected chi connectivity index (χ1v) is 3.70. The standard InChI is InChI=1S/C7H10FN3O2/c8-2-6-5(10-3-11-6)1-4(9)7(12)13/h3-4H,1-2,9H2,(H,10,11)(H,12,13)/t4-/m0/s1. The van der Waals surface area contributed by atoms with E-state index in [2.05, 4.69) is 9.97 Å². The van der Waals surface area contributed by atoms with Crippen LogP contribution in [-0.4, -0.2) is 27.1 Å². The van der Waals surface area contributed by atoms with Crippen molar-refractivity contribution in [1.82, 2.24) is 9.97 Å². The van der Waals surface area contributed by atoms with E-state index < -0.39 is 18.7 Å². The number of aromatic amines is 1. The third-order valence-corrected chi connectivity index (χ3v) is 1.67. The van der Waals surface area contributed by atoms with Crippen LogP contribution in [0.1, 0.15) is 11.4 Å². The average Bonchev–Trinajstić information content (AvgIpc) is 2.51. The highest BCUT2D eigenvalue weighted by atomic mass is 19.1. The summed E-state index contributed by atoms with van der Waals surface area (Å²) in [6, 6.07) is -1.03. The van der Waals surface area contributed by atoms with E-state index in [-0.39, 0.29) is 12.1 Å². The molecule has 0 saturated heterocycles. The fourth-order valence-electron chi connectivity index (χ4n) is 0.937. The second-order valence-corrected chi connectivity index (χ2v) is 2.61. The number of nitrogens with two attached hydrogens (primary N) is 1. The number of alkyl halides is 1. The Bertz CT molecular complexity index is 300. The van der Waals surface area contributed by atoms with Crippen LogP contribution in [0, 0.1) is 0 Å². The van der Waals surface area contributed by atoms with Crippen LogP contribution in [0.3, 0.4) is 0 Å². The molecule has 4 N–H and O–H groups in total. The summed E-state index contributed by atoms with van der Waals surface area (Å²) < 4.78 is 12.2. The molecule has 0 aromatic carbocycles. The van der Waals surface area contributed by atoms with E-state index >= 15 is 0 Å². The van der Waals surface area contributed by atoms with Crippen molar-refractivity contribution in [3.63, 3.8) is 0 Å². The minimum absolute atomic E-state index is 0.0398. The molecule has 13 heavy (non-hydrogen) atoms. The lowest BCUT2D eigenvalue weighted by Crippen LogP contribution is -2.32. The van der Waals surface area contributed by atoms with Gasteiger partial charge in [-0.15, -0.1) is 0 Å². The summed E-state index contributed by atoms with van der Waals surface area (Å²) in [7, 11) is 0. The lowest BCUT2D eigenvalue weighted by molar-refractivity contribution is -0.138. The van der Waals surface area contributed by atoms with E-state index in [0.717, 1.165) is 0 Å². The predicted molar refractivity (Wildman–Crippen MR) is 42.7 cm³/mol. The Morgan fingerprint density at radius 1 is 1.85 bits per heavy atom. The molecule has 1 rings (SSSR count). The van der Waals surface area contributed by atoms with Crippen LogP contribution >= 0.6 is 0 Å². The van der Waals surface area contributed by atoms with Gasteiger partial charge in [-0.05, 0) is 0 Å². The Morgan fingerprint density at radius 3 is 3.08 bits per heavy atom. The van der Waals surface area contributed by atoms with E-state index in [0.29, 0.717) is 5.69 Å². The van der Waals surface area contributed by atoms with Crippen LogP contribution in [0.5, 0.6) is 0 Å². The van der Waals surface area contributed by atoms with Crippen molar-refractivity contribution in [3.8, 4) is 0 Å². The summed E-state index contributed by atoms with van der Waals surface area (Å²) >= 11 is 0. The lowest BCUT2D eigenvalue weighted by Gasteiger charge is -2.03. The molecular weight excluding hydrogens is 177 g/mol. The predicted octanol–water partition coefficient (Wildman–Crippen LogP) is -0.166. The molecule has 0 amide bonds. The van der Waals surface area contributed by atoms with E-state index in [1.54, 1.807) is 0 Å². The zero-order valence-corrected chi connectivity index (χ0v) is 6.83. The number of aromatic nitrogens is 2. The highest BCUT2D eigenvalue weighted by Crippen LogP contribution is 2.06. The molecule has 0 aliphatic rings. The number of H-pyrrole nitrogens is 1. The third-order valence-electron chi connectivity index (χ3n) is 1.67. The molecule has 72 valence electrons. The fourth-order valence-corrected chi connectivity index (χ4v) is 0.937. The van der Waals surface area contributed by atoms with Crippen molar-refractivity contribution in [1.29, 1.82) is 0 Å². The molecule has 0 fully saturated rings. The van der Waals surface area contributed by atoms with Gasteiger partial charge in [0.05, 0.1) is 17.7 Å². The van der Waals surface area contributed by atoms with Crippen LogP contribution in [0.4, 0.5) is 4.39 Å². The van der Waals surface area contributed by atoms with Gasteiger partial charge in [0.1, 0.15) is 12.7 Å². The number of nitrogens with one attached hydrogen (secondary N) is 1. The zero-order valence-electron chi connectivity index (χ0n) is 6.83. The summed E-state index contributed by atoms with van der Waals surface area (Å²) in [5, 5.41) is 8.49. The van der Waals surface area contributed by atoms with Gasteiger partial charge in [-0.1, -0.05) is 0 Å². The molecule has 1 aromatic heterocycles. The van der Waals surface area contributed by atoms with Gasteiger partial charge in [-0.25, -0.2) is 9.37 Å². The van der Waals surface area contributed by atoms with E-state index in [1.165, 1.54) is 6.33 Å². The number of hydrogen-bond donors (Lipinski definition) is 3. The molecule has 6 heteroatoms. The highest BCUT2D eigenvalue weighted by Gasteiger charge is 2.15. The van der Waals surface area contributed by atoms with Crippen molar-refractivity contribution in [2.75, 3.05) is 0 Å². The number of aliphatic carboxylic acids is 1. The smallest absolute Gasteiger partial charge is 0.320 e. The fraction of sp³-hybridized carbons (Fsp3) is 0.429. The first kappa shape index (κ1) is 9.66. The number of rotatable bonds is 4. The van der Waals surface area contributed by atoms with Crippen LogP contribution in [-0.2, 0) is 17.9 Å². The van der Waals surface area contributed by atoms with E-state index in [4.69, 9.17) is 10.8 Å². The maximum atomic E-state index is 12.2. The topological polar surface area (TPSA) is 92.0 Å². The van der Waals surface area contributed by atoms with Crippen molar-refractivity contribution in [3.05, 3.63) is 17.7 Å². The van der Waals surface area contributed by atoms with E-state index in [1.807, 2.05) is 0 Å². The Balaban J connectivity index is 2.68. The molecule has 1 heterocycles. The second-order valence-electron chi connectivity index (χ2n) is 2.61. The van der Waals surface area contributed by atoms with Gasteiger partial charge < -0.3 is 15.8 Å². The summed E-state index contributed by atoms with van der Waals surface area (Å²) in [4.78, 5) is 16.7. The highest BCUT2D eigenvalue weighted by molar-refractivity contribution is 5.73. The van der Waals surface area contributed by atoms with Crippen LogP contribution in [0.15, 0.2) is 6.33 Å². The number of imidazole rings is 1. The van der Waals surface area contributed by atoms with E-state index in [9.17, 15) is 9.18 Å². The zero-order chi connectivity index (χ0) is 9.84. The maximum absolute atomic E-state index is 12.2. The molecule has 0 spiro atoms. The second kappa shape index (κ2) is 3.99. The summed E-state index contributed by atoms with van der Waals surface area (Å²) in [5.41, 5.74) is 5.92. The van der Waals surface area contributed by atoms with Gasteiger partial charge >= 0.3 is 5.97 Å². The van der Waals surface area contributed by atoms with Gasteiger partial charge in [0.2, 0.25) is 0 Å². The number of carboxylic acid groups (broad SMARTS) is 1. The Morgan fingerprint density at radius 2 is 2.54 bits per heavy atom. The van der Waals surface area contributed by atoms with Gasteiger partial charge in [-0.2, -0.15) is 0 Å². The molecule has 0 aliphatic carbocycles. The number of nitrogens with zero attached hydrogens (tertiary/aromatic N) is 1. The quantitative estimate of drug-likeness (QED) is 0.610. The van der Waals surface area contributed by atoms with Crippen molar-refractivity contribution < 1.29 is 14.3 Å². The van der Waals surface area contributed by atoms with Crippen LogP contribution in [0.2, 0.25) is 0 Å². The summed E-state index contributed by atoms with van der Waals surface area (Å²) in [6.45, 7) is -0.693. The Kier molecular flexibility index (Phi) is 2.97. The lowest BCUT2D eigenvalue weighted by atomic mass is 10.1. The van der Waals surface area contributed by atoms with Gasteiger partial charge in [-0.3, -0.25) is 4.79 Å². The van der Waals surface area contributed by atoms with Crippen LogP contribution < -0.4 is 5.73 Å². The number of carbonyl (C=O) groups is 1. The molecular formula is C7H10FN3O2. The first-order chi connectivity index (χ1) is 6.15. The molecule has 0 unspecified atom stereocenters. The van der Waals surface area contributed by atoms with Crippen molar-refractivity contribution >= 4 is 5.97 Å². The molecule has 0 saturated carbocycles. The minimum Gasteiger partial charge on any atom is -0.480 e. The van der Waals surface area contributed by atoms with Crippen molar-refractivity contribution in [2.45, 2.75) is 19.1 Å². The monoisotopic (exact) mass is 187 g/mol. The Labute approximate surface area is 73.8 Å². The van der Waals surface area contributed by atoms with Crippen LogP contribution in [0.25, 0.3) is 0 Å². The maximum Gasteiger partial charge on any atom is 0.320 e. The summed E-state index contributed by atoms with van der Waals surface area (Å²) in [6.07, 6.45) is 1.36. The average molecular weight is 187 g/mol. The molecule has 1 aromatic rings. The molecule has 5 nitrogen and oxygen atoms in total. The molecule has 0 bridgehead atoms. The number of hydrogen-bond acceptors (Lipinski definition) is 3. The molecule has 0 aliphatic heterocycles. The Hall–Kier alpha value is -1.43.